The Hall–Kier alpha value is -0.260. The van der Waals surface area contributed by atoms with Crippen molar-refractivity contribution in [3.05, 3.63) is 12.7 Å². The number of allylic oxidation sites excluding steroid dienone is 1. The standard InChI is InChI=1S/C8H16.C4H8.C2H6/c1-6-4-7(2)8(3)5-6;1-3-4-2;1-2/h6-8H,4-5H2,1-3H3;3H,1,4H2,2H3;1-2H3. The third-order valence-corrected chi connectivity index (χ3v) is 2.81. The lowest BCUT2D eigenvalue weighted by atomic mass is 10.0. The van der Waals surface area contributed by atoms with E-state index in [1.165, 1.54) is 12.8 Å². The van der Waals surface area contributed by atoms with Gasteiger partial charge in [-0.15, -0.1) is 6.58 Å². The maximum Gasteiger partial charge on any atom is -0.0382 e. The molecule has 1 saturated carbocycles. The van der Waals surface area contributed by atoms with Crippen LogP contribution < -0.4 is 0 Å². The van der Waals surface area contributed by atoms with E-state index >= 15 is 0 Å². The van der Waals surface area contributed by atoms with E-state index in [0.29, 0.717) is 0 Å². The molecular formula is C14H30. The zero-order valence-electron chi connectivity index (χ0n) is 11.1. The second-order valence-corrected chi connectivity index (χ2v) is 4.23. The second-order valence-electron chi connectivity index (χ2n) is 4.23. The molecular weight excluding hydrogens is 168 g/mol. The summed E-state index contributed by atoms with van der Waals surface area (Å²) in [6.07, 6.45) is 5.88. The molecule has 0 aromatic carbocycles. The van der Waals surface area contributed by atoms with Crippen molar-refractivity contribution in [3.63, 3.8) is 0 Å². The molecule has 0 heteroatoms. The van der Waals surface area contributed by atoms with E-state index in [4.69, 9.17) is 0 Å². The predicted octanol–water partition coefficient (Wildman–Crippen LogP) is 5.30. The van der Waals surface area contributed by atoms with Gasteiger partial charge in [-0.3, -0.25) is 0 Å². The molecule has 2 atom stereocenters. The van der Waals surface area contributed by atoms with Crippen LogP contribution in [0.1, 0.15) is 60.8 Å². The molecule has 1 fully saturated rings. The lowest BCUT2D eigenvalue weighted by Gasteiger charge is -2.04. The summed E-state index contributed by atoms with van der Waals surface area (Å²) in [4.78, 5) is 0. The Kier molecular flexibility index (Phi) is 12.5. The smallest absolute Gasteiger partial charge is 0.0382 e. The first-order valence-electron chi connectivity index (χ1n) is 6.22. The van der Waals surface area contributed by atoms with E-state index in [-0.39, 0.29) is 0 Å². The van der Waals surface area contributed by atoms with Crippen LogP contribution in [0, 0.1) is 17.8 Å². The van der Waals surface area contributed by atoms with Crippen molar-refractivity contribution < 1.29 is 0 Å². The van der Waals surface area contributed by atoms with Crippen molar-refractivity contribution in [2.75, 3.05) is 0 Å². The highest BCUT2D eigenvalue weighted by molar-refractivity contribution is 4.74. The monoisotopic (exact) mass is 198 g/mol. The molecule has 2 unspecified atom stereocenters. The van der Waals surface area contributed by atoms with Crippen molar-refractivity contribution in [2.45, 2.75) is 60.8 Å². The quantitative estimate of drug-likeness (QED) is 0.502. The Bertz CT molecular complexity index is 105. The molecule has 1 aliphatic rings. The SMILES string of the molecule is C=CCC.CC.CC1CC(C)C(C)C1. The van der Waals surface area contributed by atoms with Gasteiger partial charge in [0.25, 0.3) is 0 Å². The highest BCUT2D eigenvalue weighted by Crippen LogP contribution is 2.34. The minimum atomic E-state index is 0.991. The first kappa shape index (κ1) is 16.2. The van der Waals surface area contributed by atoms with Gasteiger partial charge in [0.2, 0.25) is 0 Å². The molecule has 1 rings (SSSR count). The number of hydrogen-bond acceptors (Lipinski definition) is 0. The molecule has 0 aromatic rings. The predicted molar refractivity (Wildman–Crippen MR) is 68.6 cm³/mol. The van der Waals surface area contributed by atoms with Crippen LogP contribution in [-0.4, -0.2) is 0 Å². The molecule has 0 aliphatic heterocycles. The molecule has 0 aromatic heterocycles. The minimum absolute atomic E-state index is 0.991. The van der Waals surface area contributed by atoms with Crippen LogP contribution in [0.3, 0.4) is 0 Å². The van der Waals surface area contributed by atoms with Crippen molar-refractivity contribution >= 4 is 0 Å². The summed E-state index contributed by atoms with van der Waals surface area (Å²) in [7, 11) is 0. The molecule has 0 nitrogen and oxygen atoms in total. The Labute approximate surface area is 91.8 Å². The van der Waals surface area contributed by atoms with Crippen LogP contribution in [0.25, 0.3) is 0 Å². The van der Waals surface area contributed by atoms with Crippen molar-refractivity contribution in [1.82, 2.24) is 0 Å². The molecule has 0 amide bonds. The zero-order valence-corrected chi connectivity index (χ0v) is 11.1. The number of rotatable bonds is 1. The molecule has 0 radical (unpaired) electrons. The van der Waals surface area contributed by atoms with Crippen LogP contribution in [0.4, 0.5) is 0 Å². The fourth-order valence-electron chi connectivity index (χ4n) is 1.83. The molecule has 14 heavy (non-hydrogen) atoms. The summed E-state index contributed by atoms with van der Waals surface area (Å²) in [5, 5.41) is 0. The summed E-state index contributed by atoms with van der Waals surface area (Å²) >= 11 is 0. The van der Waals surface area contributed by atoms with Crippen LogP contribution in [0.15, 0.2) is 12.7 Å². The average Bonchev–Trinajstić information content (AvgIpc) is 2.48. The van der Waals surface area contributed by atoms with E-state index in [1.807, 2.05) is 19.9 Å². The topological polar surface area (TPSA) is 0 Å². The van der Waals surface area contributed by atoms with Gasteiger partial charge in [0.1, 0.15) is 0 Å². The lowest BCUT2D eigenvalue weighted by Crippen LogP contribution is -1.95. The summed E-state index contributed by atoms with van der Waals surface area (Å²) in [5.41, 5.74) is 0. The second kappa shape index (κ2) is 10.8. The van der Waals surface area contributed by atoms with Crippen molar-refractivity contribution in [2.24, 2.45) is 17.8 Å². The third-order valence-electron chi connectivity index (χ3n) is 2.81. The van der Waals surface area contributed by atoms with Crippen LogP contribution in [0.2, 0.25) is 0 Å². The van der Waals surface area contributed by atoms with Crippen molar-refractivity contribution in [1.29, 1.82) is 0 Å². The van der Waals surface area contributed by atoms with Gasteiger partial charge in [-0.2, -0.15) is 0 Å². The number of hydrogen-bond donors (Lipinski definition) is 0. The third kappa shape index (κ3) is 8.34. The van der Waals surface area contributed by atoms with Gasteiger partial charge in [-0.05, 0) is 37.0 Å². The van der Waals surface area contributed by atoms with Gasteiger partial charge in [-0.25, -0.2) is 0 Å². The highest BCUT2D eigenvalue weighted by atomic mass is 14.3. The van der Waals surface area contributed by atoms with Gasteiger partial charge in [0, 0.05) is 0 Å². The maximum absolute atomic E-state index is 3.48. The highest BCUT2D eigenvalue weighted by Gasteiger charge is 2.24. The fraction of sp³-hybridized carbons (Fsp3) is 0.857. The minimum Gasteiger partial charge on any atom is -0.103 e. The summed E-state index contributed by atoms with van der Waals surface area (Å²) in [6, 6.07) is 0. The fourth-order valence-corrected chi connectivity index (χ4v) is 1.83. The van der Waals surface area contributed by atoms with Crippen molar-refractivity contribution in [3.8, 4) is 0 Å². The molecule has 0 bridgehead atoms. The Morgan fingerprint density at radius 2 is 1.36 bits per heavy atom. The molecule has 1 aliphatic carbocycles. The molecule has 0 heterocycles. The van der Waals surface area contributed by atoms with Gasteiger partial charge < -0.3 is 0 Å². The summed E-state index contributed by atoms with van der Waals surface area (Å²) in [6.45, 7) is 16.6. The maximum atomic E-state index is 3.48. The van der Waals surface area contributed by atoms with Gasteiger partial charge in [0.15, 0.2) is 0 Å². The van der Waals surface area contributed by atoms with E-state index in [1.54, 1.807) is 0 Å². The first-order valence-corrected chi connectivity index (χ1v) is 6.22. The Morgan fingerprint density at radius 3 is 1.43 bits per heavy atom. The van der Waals surface area contributed by atoms with E-state index in [9.17, 15) is 0 Å². The van der Waals surface area contributed by atoms with E-state index < -0.39 is 0 Å². The summed E-state index contributed by atoms with van der Waals surface area (Å²) < 4.78 is 0. The lowest BCUT2D eigenvalue weighted by molar-refractivity contribution is 0.457. The van der Waals surface area contributed by atoms with Crippen LogP contribution in [0.5, 0.6) is 0 Å². The van der Waals surface area contributed by atoms with Gasteiger partial charge in [0.05, 0.1) is 0 Å². The Balaban J connectivity index is 0. The average molecular weight is 198 g/mol. The van der Waals surface area contributed by atoms with E-state index in [0.717, 1.165) is 24.2 Å². The normalized spacial score (nSPS) is 29.4. The first-order chi connectivity index (χ1) is 6.61. The zero-order chi connectivity index (χ0) is 11.6. The molecule has 86 valence electrons. The van der Waals surface area contributed by atoms with E-state index in [2.05, 4.69) is 34.3 Å². The molecule has 0 spiro atoms. The van der Waals surface area contributed by atoms with Gasteiger partial charge >= 0.3 is 0 Å². The van der Waals surface area contributed by atoms with Gasteiger partial charge in [-0.1, -0.05) is 47.6 Å². The summed E-state index contributed by atoms with van der Waals surface area (Å²) in [5.74, 6) is 2.98. The molecule has 0 N–H and O–H groups in total. The largest absolute Gasteiger partial charge is 0.103 e. The van der Waals surface area contributed by atoms with Crippen LogP contribution in [-0.2, 0) is 0 Å². The Morgan fingerprint density at radius 1 is 1.07 bits per heavy atom. The molecule has 0 saturated heterocycles. The van der Waals surface area contributed by atoms with Crippen LogP contribution >= 0.6 is 0 Å².